The van der Waals surface area contributed by atoms with Gasteiger partial charge in [0.15, 0.2) is 0 Å². The van der Waals surface area contributed by atoms with Crippen LogP contribution in [0.1, 0.15) is 36.8 Å². The Morgan fingerprint density at radius 2 is 2.14 bits per heavy atom. The van der Waals surface area contributed by atoms with Crippen LogP contribution >= 0.6 is 0 Å². The molecule has 6 atom stereocenters. The van der Waals surface area contributed by atoms with Crippen LogP contribution in [0.15, 0.2) is 18.2 Å². The number of benzene rings is 1. The summed E-state index contributed by atoms with van der Waals surface area (Å²) < 4.78 is 45.4. The van der Waals surface area contributed by atoms with Crippen molar-refractivity contribution in [1.29, 1.82) is 0 Å². The first-order chi connectivity index (χ1) is 13.8. The van der Waals surface area contributed by atoms with Crippen molar-refractivity contribution in [3.05, 3.63) is 29.3 Å². The number of hydrogen-bond acceptors (Lipinski definition) is 3. The maximum absolute atomic E-state index is 13.3. The molecule has 1 amide bonds. The molecule has 5 aliphatic rings. The largest absolute Gasteiger partial charge is 0.497 e. The normalized spacial score (nSPS) is 41.7. The molecule has 4 nitrogen and oxygen atoms in total. The lowest BCUT2D eigenvalue weighted by molar-refractivity contribution is -0.189. The molecule has 1 N–H and O–H groups in total. The molecule has 6 rings (SSSR count). The lowest BCUT2D eigenvalue weighted by Crippen LogP contribution is -2.69. The second-order valence-corrected chi connectivity index (χ2v) is 9.66. The second kappa shape index (κ2) is 5.48. The molecular weight excluding hydrogens is 381 g/mol. The Bertz CT molecular complexity index is 903. The van der Waals surface area contributed by atoms with Crippen LogP contribution in [0, 0.1) is 17.3 Å². The van der Waals surface area contributed by atoms with Crippen molar-refractivity contribution >= 4 is 5.91 Å². The van der Waals surface area contributed by atoms with Gasteiger partial charge in [0.25, 0.3) is 0 Å². The Balaban J connectivity index is 1.53. The van der Waals surface area contributed by atoms with Crippen LogP contribution in [0.25, 0.3) is 0 Å². The van der Waals surface area contributed by atoms with Crippen LogP contribution < -0.4 is 10.1 Å². The number of hydrogen-bond donors (Lipinski definition) is 1. The Kier molecular flexibility index (Phi) is 3.41. The first-order valence-corrected chi connectivity index (χ1v) is 10.6. The van der Waals surface area contributed by atoms with E-state index in [9.17, 15) is 18.0 Å². The molecule has 0 radical (unpaired) electrons. The summed E-state index contributed by atoms with van der Waals surface area (Å²) in [6.45, 7) is 1.13. The van der Waals surface area contributed by atoms with Gasteiger partial charge in [0.1, 0.15) is 5.75 Å². The highest BCUT2D eigenvalue weighted by atomic mass is 19.4. The third-order valence-corrected chi connectivity index (χ3v) is 9.03. The van der Waals surface area contributed by atoms with E-state index in [-0.39, 0.29) is 35.3 Å². The minimum atomic E-state index is -4.80. The van der Waals surface area contributed by atoms with E-state index in [4.69, 9.17) is 4.74 Å². The van der Waals surface area contributed by atoms with Crippen molar-refractivity contribution in [2.24, 2.45) is 17.3 Å². The van der Waals surface area contributed by atoms with E-state index in [0.29, 0.717) is 12.5 Å². The summed E-state index contributed by atoms with van der Waals surface area (Å²) in [5.74, 6) is -0.578. The summed E-state index contributed by atoms with van der Waals surface area (Å²) in [4.78, 5) is 13.4. The minimum Gasteiger partial charge on any atom is -0.497 e. The zero-order chi connectivity index (χ0) is 20.2. The monoisotopic (exact) mass is 406 g/mol. The van der Waals surface area contributed by atoms with Gasteiger partial charge < -0.3 is 15.0 Å². The van der Waals surface area contributed by atoms with Crippen LogP contribution in [0.5, 0.6) is 5.75 Å². The molecule has 4 fully saturated rings. The number of amides is 1. The molecule has 1 aromatic carbocycles. The van der Waals surface area contributed by atoms with Crippen LogP contribution in [0.3, 0.4) is 0 Å². The standard InChI is InChI=1S/C22H25F3N2O2/c1-29-14-3-2-12-8-17-20-5-4-16-18(21(20,6-7-26-17)15(12)9-14)13(10-20)11-27(16)19(28)22(23,24)25/h2-3,9,13,16-18,26H,4-8,10-11H2,1H3/t13-,16?,17-,18?,20-,21+/m1/s1. The SMILES string of the molecule is COc1ccc2c(c1)[C@]13CCN[C@H](C2)[C@]12CCC1C3[C@@H](CN1C(=O)C(F)(F)F)C2. The van der Waals surface area contributed by atoms with Crippen molar-refractivity contribution in [2.75, 3.05) is 20.2 Å². The van der Waals surface area contributed by atoms with Crippen LogP contribution in [-0.2, 0) is 16.6 Å². The molecule has 29 heavy (non-hydrogen) atoms. The van der Waals surface area contributed by atoms with Crippen molar-refractivity contribution in [3.63, 3.8) is 0 Å². The number of carbonyl (C=O) groups is 1. The maximum atomic E-state index is 13.3. The van der Waals surface area contributed by atoms with E-state index in [1.165, 1.54) is 16.0 Å². The fourth-order valence-corrected chi connectivity index (χ4v) is 8.40. The number of alkyl halides is 3. The van der Waals surface area contributed by atoms with Gasteiger partial charge in [0, 0.05) is 24.0 Å². The van der Waals surface area contributed by atoms with Gasteiger partial charge in [-0.1, -0.05) is 6.07 Å². The Morgan fingerprint density at radius 1 is 1.31 bits per heavy atom. The minimum absolute atomic E-state index is 0.0871. The number of rotatable bonds is 1. The summed E-state index contributed by atoms with van der Waals surface area (Å²) in [5, 5.41) is 3.76. The summed E-state index contributed by atoms with van der Waals surface area (Å²) in [6.07, 6.45) is -0.409. The van der Waals surface area contributed by atoms with Crippen molar-refractivity contribution in [1.82, 2.24) is 10.2 Å². The maximum Gasteiger partial charge on any atom is 0.471 e. The van der Waals surface area contributed by atoms with Gasteiger partial charge in [-0.05, 0) is 79.2 Å². The van der Waals surface area contributed by atoms with E-state index in [0.717, 1.165) is 38.0 Å². The second-order valence-electron chi connectivity index (χ2n) is 9.66. The number of halogens is 3. The molecule has 3 aliphatic carbocycles. The van der Waals surface area contributed by atoms with E-state index in [1.807, 2.05) is 6.07 Å². The third-order valence-electron chi connectivity index (χ3n) is 9.03. The van der Waals surface area contributed by atoms with Crippen LogP contribution in [0.4, 0.5) is 13.2 Å². The van der Waals surface area contributed by atoms with Gasteiger partial charge in [-0.25, -0.2) is 0 Å². The molecule has 1 aromatic rings. The van der Waals surface area contributed by atoms with E-state index < -0.39 is 12.1 Å². The molecule has 2 saturated carbocycles. The molecule has 0 aromatic heterocycles. The molecule has 156 valence electrons. The third kappa shape index (κ3) is 1.98. The summed E-state index contributed by atoms with van der Waals surface area (Å²) in [7, 11) is 1.66. The molecular formula is C22H25F3N2O2. The molecule has 4 bridgehead atoms. The lowest BCUT2D eigenvalue weighted by atomic mass is 9.44. The molecule has 2 aliphatic heterocycles. The number of piperidine rings is 1. The number of carbonyl (C=O) groups excluding carboxylic acids is 1. The van der Waals surface area contributed by atoms with Gasteiger partial charge in [-0.15, -0.1) is 0 Å². The summed E-state index contributed by atoms with van der Waals surface area (Å²) >= 11 is 0. The number of ether oxygens (including phenoxy) is 1. The topological polar surface area (TPSA) is 41.6 Å². The quantitative estimate of drug-likeness (QED) is 0.780. The Labute approximate surface area is 167 Å². The zero-order valence-corrected chi connectivity index (χ0v) is 16.4. The van der Waals surface area contributed by atoms with Crippen molar-refractivity contribution < 1.29 is 22.7 Å². The zero-order valence-electron chi connectivity index (χ0n) is 16.4. The molecule has 0 spiro atoms. The highest BCUT2D eigenvalue weighted by Gasteiger charge is 2.76. The van der Waals surface area contributed by atoms with Crippen molar-refractivity contribution in [3.8, 4) is 5.75 Å². The van der Waals surface area contributed by atoms with Crippen LogP contribution in [0.2, 0.25) is 0 Å². The van der Waals surface area contributed by atoms with Gasteiger partial charge in [-0.2, -0.15) is 13.2 Å². The molecule has 7 heteroatoms. The molecule has 2 unspecified atom stereocenters. The molecule has 2 heterocycles. The lowest BCUT2D eigenvalue weighted by Gasteiger charge is -2.64. The highest BCUT2D eigenvalue weighted by molar-refractivity contribution is 5.82. The number of nitrogens with one attached hydrogen (secondary N) is 1. The Hall–Kier alpha value is -1.76. The molecule has 2 saturated heterocycles. The van der Waals surface area contributed by atoms with E-state index in [2.05, 4.69) is 17.4 Å². The highest BCUT2D eigenvalue weighted by Crippen LogP contribution is 2.74. The van der Waals surface area contributed by atoms with Crippen LogP contribution in [-0.4, -0.2) is 49.3 Å². The average Bonchev–Trinajstić information content (AvgIpc) is 3.12. The first-order valence-electron chi connectivity index (χ1n) is 10.6. The van der Waals surface area contributed by atoms with Gasteiger partial charge in [0.2, 0.25) is 0 Å². The predicted molar refractivity (Wildman–Crippen MR) is 99.6 cm³/mol. The van der Waals surface area contributed by atoms with Gasteiger partial charge in [0.05, 0.1) is 7.11 Å². The number of likely N-dealkylation sites (tertiary alicyclic amines) is 1. The smallest absolute Gasteiger partial charge is 0.471 e. The van der Waals surface area contributed by atoms with Gasteiger partial charge in [-0.3, -0.25) is 4.79 Å². The average molecular weight is 406 g/mol. The fraction of sp³-hybridized carbons (Fsp3) is 0.682. The predicted octanol–water partition coefficient (Wildman–Crippen LogP) is 3.04. The number of fused-ring (bicyclic) bond motifs is 1. The Morgan fingerprint density at radius 3 is 2.90 bits per heavy atom. The summed E-state index contributed by atoms with van der Waals surface area (Å²) in [6, 6.07) is 6.33. The van der Waals surface area contributed by atoms with Crippen molar-refractivity contribution in [2.45, 2.75) is 55.8 Å². The summed E-state index contributed by atoms with van der Waals surface area (Å²) in [5.41, 5.74) is 2.51. The van der Waals surface area contributed by atoms with Gasteiger partial charge >= 0.3 is 12.1 Å². The van der Waals surface area contributed by atoms with E-state index in [1.54, 1.807) is 7.11 Å². The first kappa shape index (κ1) is 18.0. The fourth-order valence-electron chi connectivity index (χ4n) is 8.40. The number of nitrogens with zero attached hydrogens (tertiary/aromatic N) is 1. The van der Waals surface area contributed by atoms with E-state index >= 15 is 0 Å². The number of methoxy groups -OCH3 is 1.